The number of nitrogens with zero attached hydrogens (tertiary/aromatic N) is 4. The minimum absolute atomic E-state index is 0.224. The number of benzene rings is 3. The van der Waals surface area contributed by atoms with Crippen molar-refractivity contribution in [2.24, 2.45) is 0 Å². The predicted molar refractivity (Wildman–Crippen MR) is 101 cm³/mol. The van der Waals surface area contributed by atoms with Crippen LogP contribution in [0.3, 0.4) is 0 Å². The zero-order valence-electron chi connectivity index (χ0n) is 14.4. The molecule has 0 fully saturated rings. The topological polar surface area (TPSA) is 74.8 Å². The van der Waals surface area contributed by atoms with E-state index in [1.807, 2.05) is 12.1 Å². The van der Waals surface area contributed by atoms with Crippen molar-refractivity contribution in [3.05, 3.63) is 94.6 Å². The van der Waals surface area contributed by atoms with E-state index in [0.29, 0.717) is 23.0 Å². The van der Waals surface area contributed by atoms with Gasteiger partial charge >= 0.3 is 0 Å². The molecule has 6 heteroatoms. The van der Waals surface area contributed by atoms with Gasteiger partial charge in [-0.2, -0.15) is 10.5 Å². The minimum Gasteiger partial charge on any atom is -0.459 e. The van der Waals surface area contributed by atoms with Crippen LogP contribution in [0.15, 0.2) is 60.7 Å². The molecule has 0 heterocycles. The van der Waals surface area contributed by atoms with Crippen LogP contribution in [-0.4, -0.2) is 0 Å². The molecule has 130 valence electrons. The maximum Gasteiger partial charge on any atom is 0.198 e. The molecule has 3 aromatic rings. The lowest BCUT2D eigenvalue weighted by molar-refractivity contribution is 0.460. The van der Waals surface area contributed by atoms with E-state index in [4.69, 9.17) is 33.1 Å². The minimum atomic E-state index is 0.224. The first-order valence-corrected chi connectivity index (χ1v) is 7.96. The molecule has 0 aromatic heterocycles. The molecule has 0 saturated heterocycles. The van der Waals surface area contributed by atoms with Gasteiger partial charge < -0.3 is 9.47 Å². The van der Waals surface area contributed by atoms with Crippen molar-refractivity contribution in [2.45, 2.75) is 0 Å². The number of nitriles is 2. The molecule has 0 saturated carbocycles. The normalized spacial score (nSPS) is 9.29. The van der Waals surface area contributed by atoms with Crippen LogP contribution in [0.4, 0.5) is 11.4 Å². The summed E-state index contributed by atoms with van der Waals surface area (Å²) in [6.45, 7) is 14.2. The fraction of sp³-hybridized carbons (Fsp3) is 0. The highest BCUT2D eigenvalue weighted by molar-refractivity contribution is 5.72. The van der Waals surface area contributed by atoms with Crippen molar-refractivity contribution >= 4 is 11.4 Å². The third kappa shape index (κ3) is 3.89. The van der Waals surface area contributed by atoms with Crippen LogP contribution in [0, 0.1) is 35.8 Å². The predicted octanol–water partition coefficient (Wildman–Crippen LogP) is 6.12. The van der Waals surface area contributed by atoms with E-state index >= 15 is 0 Å². The molecule has 0 aliphatic heterocycles. The quantitative estimate of drug-likeness (QED) is 0.524. The first kappa shape index (κ1) is 18.0. The Labute approximate surface area is 161 Å². The number of rotatable bonds is 4. The second-order valence-corrected chi connectivity index (χ2v) is 5.48. The van der Waals surface area contributed by atoms with Crippen LogP contribution in [0.25, 0.3) is 9.69 Å². The van der Waals surface area contributed by atoms with E-state index in [2.05, 4.69) is 9.69 Å². The zero-order chi connectivity index (χ0) is 19.9. The smallest absolute Gasteiger partial charge is 0.198 e. The summed E-state index contributed by atoms with van der Waals surface area (Å²) >= 11 is 0. The molecule has 6 nitrogen and oxygen atoms in total. The molecule has 0 bridgehead atoms. The lowest BCUT2D eigenvalue weighted by atomic mass is 10.1. The van der Waals surface area contributed by atoms with Crippen LogP contribution < -0.4 is 9.47 Å². The van der Waals surface area contributed by atoms with Crippen LogP contribution in [0.1, 0.15) is 11.1 Å². The zero-order valence-corrected chi connectivity index (χ0v) is 14.4. The van der Waals surface area contributed by atoms with Crippen molar-refractivity contribution in [3.8, 4) is 35.1 Å². The van der Waals surface area contributed by atoms with Crippen molar-refractivity contribution in [1.29, 1.82) is 10.5 Å². The van der Waals surface area contributed by atoms with Gasteiger partial charge in [0.05, 0.1) is 24.3 Å². The van der Waals surface area contributed by atoms with E-state index in [1.165, 1.54) is 24.3 Å². The molecule has 0 aliphatic rings. The fourth-order valence-corrected chi connectivity index (χ4v) is 2.40. The van der Waals surface area contributed by atoms with Gasteiger partial charge in [0.1, 0.15) is 35.1 Å². The Morgan fingerprint density at radius 1 is 0.643 bits per heavy atom. The van der Waals surface area contributed by atoms with Gasteiger partial charge in [-0.15, -0.1) is 0 Å². The van der Waals surface area contributed by atoms with E-state index in [9.17, 15) is 0 Å². The lowest BCUT2D eigenvalue weighted by Gasteiger charge is -2.10. The molecule has 0 spiro atoms. The molecular weight excluding hydrogens is 352 g/mol. The summed E-state index contributed by atoms with van der Waals surface area (Å²) in [6.07, 6.45) is 0. The maximum absolute atomic E-state index is 9.11. The third-order valence-corrected chi connectivity index (χ3v) is 3.70. The summed E-state index contributed by atoms with van der Waals surface area (Å²) in [4.78, 5) is 6.62. The van der Waals surface area contributed by atoms with Crippen molar-refractivity contribution in [2.75, 3.05) is 0 Å². The summed E-state index contributed by atoms with van der Waals surface area (Å²) in [5, 5.41) is 18.1. The Morgan fingerprint density at radius 2 is 1.21 bits per heavy atom. The van der Waals surface area contributed by atoms with Gasteiger partial charge in [0, 0.05) is 6.07 Å². The summed E-state index contributed by atoms with van der Waals surface area (Å²) in [5.41, 5.74) is 1.01. The Morgan fingerprint density at radius 3 is 1.82 bits per heavy atom. The van der Waals surface area contributed by atoms with Crippen LogP contribution in [0.5, 0.6) is 23.0 Å². The van der Waals surface area contributed by atoms with Gasteiger partial charge in [0.2, 0.25) is 0 Å². The largest absolute Gasteiger partial charge is 0.459 e. The highest BCUT2D eigenvalue weighted by Gasteiger charge is 2.08. The molecule has 0 atom stereocenters. The van der Waals surface area contributed by atoms with Gasteiger partial charge in [-0.3, -0.25) is 4.85 Å². The van der Waals surface area contributed by atoms with Crippen molar-refractivity contribution < 1.29 is 9.47 Å². The molecule has 28 heavy (non-hydrogen) atoms. The van der Waals surface area contributed by atoms with E-state index < -0.39 is 0 Å². The van der Waals surface area contributed by atoms with Gasteiger partial charge in [0.25, 0.3) is 0 Å². The van der Waals surface area contributed by atoms with E-state index in [1.54, 1.807) is 36.4 Å². The number of hydrogen-bond acceptors (Lipinski definition) is 4. The molecule has 3 aromatic carbocycles. The standard InChI is InChI=1S/C22H10N4O2/c1-25-21-9-8-20(12-22(21)26-2)28-18-5-3-4-17(11-18)27-19-7-6-15(13-23)16(10-19)14-24/h3-12H. The first-order valence-electron chi connectivity index (χ1n) is 7.96. The molecule has 3 rings (SSSR count). The maximum atomic E-state index is 9.11. The van der Waals surface area contributed by atoms with Gasteiger partial charge in [-0.1, -0.05) is 12.1 Å². The van der Waals surface area contributed by atoms with Crippen molar-refractivity contribution in [1.82, 2.24) is 0 Å². The fourth-order valence-electron chi connectivity index (χ4n) is 2.40. The number of hydrogen-bond donors (Lipinski definition) is 0. The average Bonchev–Trinajstić information content (AvgIpc) is 2.73. The monoisotopic (exact) mass is 362 g/mol. The van der Waals surface area contributed by atoms with E-state index in [0.717, 1.165) is 0 Å². The third-order valence-electron chi connectivity index (χ3n) is 3.70. The number of ether oxygens (including phenoxy) is 2. The summed E-state index contributed by atoms with van der Waals surface area (Å²) in [5.74, 6) is 1.82. The van der Waals surface area contributed by atoms with Crippen LogP contribution >= 0.6 is 0 Å². The van der Waals surface area contributed by atoms with Gasteiger partial charge in [-0.05, 0) is 42.5 Å². The highest BCUT2D eigenvalue weighted by Crippen LogP contribution is 2.35. The second-order valence-electron chi connectivity index (χ2n) is 5.48. The van der Waals surface area contributed by atoms with E-state index in [-0.39, 0.29) is 22.5 Å². The second kappa shape index (κ2) is 8.07. The summed E-state index contributed by atoms with van der Waals surface area (Å²) < 4.78 is 11.5. The molecule has 0 amide bonds. The van der Waals surface area contributed by atoms with Gasteiger partial charge in [0.15, 0.2) is 11.4 Å². The first-order chi connectivity index (χ1) is 13.7. The lowest BCUT2D eigenvalue weighted by Crippen LogP contribution is -1.89. The SMILES string of the molecule is [C-]#[N+]c1ccc(Oc2cccc(Oc3ccc(C#N)c(C#N)c3)c2)cc1[N+]#[C-]. The highest BCUT2D eigenvalue weighted by atomic mass is 16.5. The molecule has 0 N–H and O–H groups in total. The van der Waals surface area contributed by atoms with Crippen molar-refractivity contribution in [3.63, 3.8) is 0 Å². The average molecular weight is 362 g/mol. The Bertz CT molecular complexity index is 1130. The molecule has 0 aliphatic carbocycles. The molecule has 0 unspecified atom stereocenters. The van der Waals surface area contributed by atoms with Gasteiger partial charge in [-0.25, -0.2) is 4.85 Å². The Kier molecular flexibility index (Phi) is 5.19. The van der Waals surface area contributed by atoms with Crippen LogP contribution in [0.2, 0.25) is 0 Å². The molecule has 0 radical (unpaired) electrons. The summed E-state index contributed by atoms with van der Waals surface area (Å²) in [7, 11) is 0. The Hall–Kier alpha value is -4.78. The Balaban J connectivity index is 1.82. The summed E-state index contributed by atoms with van der Waals surface area (Å²) in [6, 6.07) is 20.1. The van der Waals surface area contributed by atoms with Crippen LogP contribution in [-0.2, 0) is 0 Å². The molecular formula is C22H10N4O2.